The third-order valence-corrected chi connectivity index (χ3v) is 11.0. The first-order chi connectivity index (χ1) is 24.5. The molecule has 4 atom stereocenters. The Labute approximate surface area is 303 Å². The number of anilines is 2. The van der Waals surface area contributed by atoms with Crippen molar-refractivity contribution < 1.29 is 38.9 Å². The van der Waals surface area contributed by atoms with Gasteiger partial charge >= 0.3 is 5.97 Å². The maximum atomic E-state index is 13.6. The number of phenolic OH excluding ortho intramolecular Hbond substituents is 1. The van der Waals surface area contributed by atoms with Gasteiger partial charge in [0.25, 0.3) is 0 Å². The zero-order valence-electron chi connectivity index (χ0n) is 29.5. The van der Waals surface area contributed by atoms with E-state index in [1.807, 2.05) is 38.2 Å². The number of ether oxygens (including phenoxy) is 2. The Bertz CT molecular complexity index is 1660. The number of aliphatic hydroxyl groups excluding tert-OH is 1. The number of nitrogens with one attached hydrogen (secondary N) is 3. The van der Waals surface area contributed by atoms with Crippen molar-refractivity contribution in [3.63, 3.8) is 0 Å². The molecule has 1 saturated carbocycles. The van der Waals surface area contributed by atoms with E-state index in [9.17, 15) is 29.4 Å². The highest BCUT2D eigenvalue weighted by Crippen LogP contribution is 2.44. The Morgan fingerprint density at radius 2 is 1.76 bits per heavy atom. The van der Waals surface area contributed by atoms with Gasteiger partial charge in [-0.2, -0.15) is 0 Å². The molecule has 0 spiro atoms. The van der Waals surface area contributed by atoms with Crippen LogP contribution in [0.25, 0.3) is 0 Å². The minimum atomic E-state index is -1.05. The van der Waals surface area contributed by atoms with Gasteiger partial charge in [-0.3, -0.25) is 14.4 Å². The average molecular weight is 720 g/mol. The van der Waals surface area contributed by atoms with Gasteiger partial charge in [0.05, 0.1) is 35.8 Å². The molecule has 12 heteroatoms. The van der Waals surface area contributed by atoms with Gasteiger partial charge < -0.3 is 35.6 Å². The number of benzene rings is 1. The zero-order valence-corrected chi connectivity index (χ0v) is 30.4. The Morgan fingerprint density at radius 3 is 2.49 bits per heavy atom. The normalized spacial score (nSPS) is 28.5. The van der Waals surface area contributed by atoms with Crippen LogP contribution in [-0.2, 0) is 35.1 Å². The molecule has 1 aromatic rings. The van der Waals surface area contributed by atoms with Crippen LogP contribution in [0.5, 0.6) is 5.75 Å². The van der Waals surface area contributed by atoms with Crippen molar-refractivity contribution in [2.75, 3.05) is 23.5 Å². The summed E-state index contributed by atoms with van der Waals surface area (Å²) in [5.74, 6) is -1.63. The molecule has 4 unspecified atom stereocenters. The molecule has 0 saturated heterocycles. The fraction of sp³-hybridized carbons (Fsp3) is 0.487. The van der Waals surface area contributed by atoms with E-state index in [2.05, 4.69) is 16.0 Å². The Morgan fingerprint density at radius 1 is 1.00 bits per heavy atom. The highest BCUT2D eigenvalue weighted by atomic mass is 32.2. The monoisotopic (exact) mass is 719 g/mol. The van der Waals surface area contributed by atoms with Crippen LogP contribution in [0.4, 0.5) is 11.4 Å². The van der Waals surface area contributed by atoms with E-state index in [4.69, 9.17) is 9.47 Å². The third kappa shape index (κ3) is 9.81. The van der Waals surface area contributed by atoms with Crippen LogP contribution in [0.15, 0.2) is 70.7 Å². The van der Waals surface area contributed by atoms with Gasteiger partial charge in [-0.05, 0) is 69.9 Å². The van der Waals surface area contributed by atoms with E-state index >= 15 is 0 Å². The highest BCUT2D eigenvalue weighted by Gasteiger charge is 2.54. The number of thioether (sulfide) groups is 1. The first kappa shape index (κ1) is 38.1. The van der Waals surface area contributed by atoms with Gasteiger partial charge in [-0.1, -0.05) is 55.5 Å². The number of carbonyl (C=O) groups is 4. The fourth-order valence-electron chi connectivity index (χ4n) is 6.49. The molecule has 2 heterocycles. The summed E-state index contributed by atoms with van der Waals surface area (Å²) in [5, 5.41) is 31.4. The van der Waals surface area contributed by atoms with Crippen LogP contribution < -0.4 is 16.0 Å². The minimum absolute atomic E-state index is 0.00600. The maximum Gasteiger partial charge on any atom is 0.332 e. The zero-order chi connectivity index (χ0) is 36.5. The molecule has 51 heavy (non-hydrogen) atoms. The van der Waals surface area contributed by atoms with E-state index in [1.165, 1.54) is 18.9 Å². The van der Waals surface area contributed by atoms with Crippen molar-refractivity contribution in [3.05, 3.63) is 71.4 Å². The Hall–Kier alpha value is -4.13. The summed E-state index contributed by atoms with van der Waals surface area (Å²) in [6.45, 7) is 3.65. The van der Waals surface area contributed by atoms with E-state index in [0.717, 1.165) is 29.7 Å². The van der Waals surface area contributed by atoms with Gasteiger partial charge in [-0.25, -0.2) is 4.79 Å². The molecule has 274 valence electrons. The van der Waals surface area contributed by atoms with Crippen molar-refractivity contribution in [2.24, 2.45) is 5.92 Å². The second-order valence-corrected chi connectivity index (χ2v) is 14.7. The minimum Gasteiger partial charge on any atom is -0.505 e. The number of aromatic hydroxyl groups is 1. The summed E-state index contributed by atoms with van der Waals surface area (Å²) < 4.78 is 11.6. The van der Waals surface area contributed by atoms with Crippen LogP contribution >= 0.6 is 11.8 Å². The number of hydrogen-bond acceptors (Lipinski definition) is 9. The smallest absolute Gasteiger partial charge is 0.332 e. The van der Waals surface area contributed by atoms with Crippen LogP contribution in [0, 0.1) is 5.92 Å². The summed E-state index contributed by atoms with van der Waals surface area (Å²) >= 11 is 1.32. The van der Waals surface area contributed by atoms with E-state index < -0.39 is 35.7 Å². The topological polar surface area (TPSA) is 163 Å². The number of amides is 3. The lowest BCUT2D eigenvalue weighted by Gasteiger charge is -2.30. The van der Waals surface area contributed by atoms with Crippen molar-refractivity contribution in [1.82, 2.24) is 5.32 Å². The summed E-state index contributed by atoms with van der Waals surface area (Å²) in [7, 11) is 1.51. The number of phenols is 1. The molecule has 1 aromatic carbocycles. The molecular weight excluding hydrogens is 671 g/mol. The third-order valence-electron chi connectivity index (χ3n) is 9.84. The summed E-state index contributed by atoms with van der Waals surface area (Å²) in [4.78, 5) is 52.6. The molecule has 2 aliphatic carbocycles. The molecule has 5 N–H and O–H groups in total. The van der Waals surface area contributed by atoms with Crippen molar-refractivity contribution in [3.8, 4) is 5.75 Å². The van der Waals surface area contributed by atoms with Gasteiger partial charge in [0.2, 0.25) is 17.7 Å². The molecule has 3 amide bonds. The second-order valence-electron chi connectivity index (χ2n) is 13.7. The standard InChI is InChI=1S/C39H49N3O8S/c1-24-13-12-17-28-35(46)29(22-30-36(28)51-23-33(44)41-30)40-32(43)21-27(49-3)16-10-5-4-6-11-18-31(25(2)34(24)45)50-38(48)39(19-20-39)42-37(47)26-14-8-7-9-15-26/h4-6,10-11,13-14,16,22,25,27,31,34,45-46H,7-9,12,15,17-21,23H2,1-3H3,(H,40,43)(H,41,44)(H,42,47)/b5-4+,11-6+,16-10+,24-13-. The predicted octanol–water partition coefficient (Wildman–Crippen LogP) is 5.79. The Balaban J connectivity index is 1.39. The number of rotatable bonds is 5. The first-order valence-corrected chi connectivity index (χ1v) is 18.7. The van der Waals surface area contributed by atoms with Crippen molar-refractivity contribution >= 4 is 46.8 Å². The number of carbonyl (C=O) groups excluding carboxylic acids is 4. The van der Waals surface area contributed by atoms with E-state index in [0.29, 0.717) is 55.3 Å². The molecule has 0 radical (unpaired) electrons. The summed E-state index contributed by atoms with van der Waals surface area (Å²) in [5.41, 5.74) is 1.61. The summed E-state index contributed by atoms with van der Waals surface area (Å²) in [6.07, 6.45) is 18.2. The van der Waals surface area contributed by atoms with E-state index in [1.54, 1.807) is 30.4 Å². The molecule has 0 aromatic heterocycles. The molecule has 5 rings (SSSR count). The van der Waals surface area contributed by atoms with Crippen LogP contribution in [0.2, 0.25) is 0 Å². The van der Waals surface area contributed by atoms with E-state index in [-0.39, 0.29) is 41.3 Å². The molecule has 1 fully saturated rings. The number of aliphatic hydroxyl groups is 1. The first-order valence-electron chi connectivity index (χ1n) is 17.7. The largest absolute Gasteiger partial charge is 0.505 e. The number of allylic oxidation sites excluding steroid dienone is 6. The molecular formula is C39H49N3O8S. The van der Waals surface area contributed by atoms with Crippen LogP contribution in [0.3, 0.4) is 0 Å². The van der Waals surface area contributed by atoms with Crippen molar-refractivity contribution in [1.29, 1.82) is 0 Å². The number of fused-ring (bicyclic) bond motifs is 4. The second kappa shape index (κ2) is 17.4. The number of methoxy groups -OCH3 is 1. The molecule has 4 aliphatic rings. The molecule has 2 aliphatic heterocycles. The predicted molar refractivity (Wildman–Crippen MR) is 197 cm³/mol. The lowest BCUT2D eigenvalue weighted by atomic mass is 9.90. The van der Waals surface area contributed by atoms with Crippen molar-refractivity contribution in [2.45, 2.75) is 107 Å². The number of hydrogen-bond donors (Lipinski definition) is 5. The maximum absolute atomic E-state index is 13.6. The lowest BCUT2D eigenvalue weighted by Crippen LogP contribution is -2.47. The molecule has 2 bridgehead atoms. The van der Waals surface area contributed by atoms with Crippen LogP contribution in [-0.4, -0.2) is 70.6 Å². The summed E-state index contributed by atoms with van der Waals surface area (Å²) in [6, 6.07) is 1.57. The van der Waals surface area contributed by atoms with Gasteiger partial charge in [0.1, 0.15) is 17.4 Å². The number of esters is 1. The SMILES string of the molecule is COC1/C=C/C=C/C=C/CC(OC(=O)C2(NC(=O)C3=CCCCC3)CC2)C(C)C(O)/C(C)=C\CCc2c(O)c(cc3c2SCC(=O)N3)NC(=O)C1. The lowest BCUT2D eigenvalue weighted by molar-refractivity contribution is -0.158. The average Bonchev–Trinajstić information content (AvgIpc) is 3.91. The quantitative estimate of drug-likeness (QED) is 0.110. The highest BCUT2D eigenvalue weighted by molar-refractivity contribution is 8.00. The van der Waals surface area contributed by atoms with Gasteiger partial charge in [0.15, 0.2) is 0 Å². The van der Waals surface area contributed by atoms with Gasteiger partial charge in [0, 0.05) is 35.5 Å². The molecule has 11 nitrogen and oxygen atoms in total. The fourth-order valence-corrected chi connectivity index (χ4v) is 7.48. The van der Waals surface area contributed by atoms with Crippen LogP contribution in [0.1, 0.15) is 77.2 Å². The Kier molecular flexibility index (Phi) is 13.0. The van der Waals surface area contributed by atoms with Gasteiger partial charge in [-0.15, -0.1) is 11.8 Å².